The summed E-state index contributed by atoms with van der Waals surface area (Å²) in [6, 6.07) is 6.66. The van der Waals surface area contributed by atoms with E-state index in [2.05, 4.69) is 5.32 Å². The molecule has 1 aliphatic rings. The second-order valence-electron chi connectivity index (χ2n) is 8.59. The average Bonchev–Trinajstić information content (AvgIpc) is 3.27. The Kier molecular flexibility index (Phi) is 8.44. The van der Waals surface area contributed by atoms with Gasteiger partial charge in [-0.05, 0) is 47.4 Å². The van der Waals surface area contributed by atoms with Crippen molar-refractivity contribution in [2.75, 3.05) is 31.7 Å². The molecule has 0 aliphatic carbocycles. The van der Waals surface area contributed by atoms with Crippen molar-refractivity contribution in [1.29, 1.82) is 0 Å². The molecule has 0 saturated carbocycles. The van der Waals surface area contributed by atoms with Gasteiger partial charge in [-0.2, -0.15) is 26.3 Å². The van der Waals surface area contributed by atoms with Crippen LogP contribution < -0.4 is 10.2 Å². The molecule has 1 N–H and O–H groups in total. The van der Waals surface area contributed by atoms with Crippen LogP contribution in [-0.4, -0.2) is 38.9 Å². The number of methoxy groups -OCH3 is 1. The van der Waals surface area contributed by atoms with Crippen LogP contribution in [0.25, 0.3) is 0 Å². The van der Waals surface area contributed by atoms with E-state index in [4.69, 9.17) is 16.3 Å². The normalized spacial score (nSPS) is 18.5. The zero-order chi connectivity index (χ0) is 26.7. The molecule has 1 fully saturated rings. The topological polar surface area (TPSA) is 41.6 Å². The van der Waals surface area contributed by atoms with Gasteiger partial charge in [0.2, 0.25) is 5.91 Å². The van der Waals surface area contributed by atoms with Crippen molar-refractivity contribution in [1.82, 2.24) is 5.32 Å². The average molecular weight is 541 g/mol. The minimum absolute atomic E-state index is 0.0177. The van der Waals surface area contributed by atoms with E-state index in [0.717, 1.165) is 24.3 Å². The van der Waals surface area contributed by atoms with E-state index in [-0.39, 0.29) is 47.0 Å². The fourth-order valence-electron chi connectivity index (χ4n) is 4.32. The molecule has 2 aromatic carbocycles. The number of hydrogen-bond acceptors (Lipinski definition) is 3. The number of carbonyl (C=O) groups is 1. The molecule has 1 unspecified atom stereocenters. The largest absolute Gasteiger partial charge is 0.416 e. The Morgan fingerprint density at radius 3 is 2.47 bits per heavy atom. The van der Waals surface area contributed by atoms with Crippen molar-refractivity contribution >= 4 is 23.2 Å². The fraction of sp³-hybridized carbons (Fsp3) is 0.458. The minimum Gasteiger partial charge on any atom is -0.384 e. The smallest absolute Gasteiger partial charge is 0.384 e. The van der Waals surface area contributed by atoms with Crippen LogP contribution in [0, 0.1) is 0 Å². The Balaban J connectivity index is 1.93. The number of rotatable bonds is 8. The number of halogens is 8. The molecule has 0 spiro atoms. The first-order valence-corrected chi connectivity index (χ1v) is 11.3. The number of amides is 1. The van der Waals surface area contributed by atoms with Crippen molar-refractivity contribution in [3.05, 3.63) is 63.7 Å². The lowest BCUT2D eigenvalue weighted by Gasteiger charge is -2.33. The van der Waals surface area contributed by atoms with Gasteiger partial charge in [0, 0.05) is 43.9 Å². The monoisotopic (exact) mass is 540 g/mol. The summed E-state index contributed by atoms with van der Waals surface area (Å²) in [5.41, 5.74) is -4.01. The lowest BCUT2D eigenvalue weighted by Crippen LogP contribution is -2.45. The van der Waals surface area contributed by atoms with Crippen LogP contribution in [0.15, 0.2) is 36.4 Å². The van der Waals surface area contributed by atoms with Crippen LogP contribution in [0.2, 0.25) is 5.02 Å². The highest BCUT2D eigenvalue weighted by Gasteiger charge is 2.59. The van der Waals surface area contributed by atoms with Gasteiger partial charge in [-0.25, -0.2) is 4.39 Å². The second-order valence-corrected chi connectivity index (χ2v) is 9.03. The van der Waals surface area contributed by atoms with Gasteiger partial charge in [0.1, 0.15) is 12.1 Å². The van der Waals surface area contributed by atoms with E-state index in [1.165, 1.54) is 24.1 Å². The maximum absolute atomic E-state index is 14.4. The van der Waals surface area contributed by atoms with E-state index in [1.807, 2.05) is 0 Å². The van der Waals surface area contributed by atoms with Gasteiger partial charge in [-0.15, -0.1) is 0 Å². The Hall–Kier alpha value is -2.53. The van der Waals surface area contributed by atoms with E-state index in [0.29, 0.717) is 0 Å². The second kappa shape index (κ2) is 10.8. The fourth-order valence-corrected chi connectivity index (χ4v) is 4.58. The standard InChI is InChI=1S/C24H24ClF7N2O2/c1-36-7-4-21(35)33-13-16-2-3-19(11-20(16)23(27,28)29)34-6-5-22(14-34,24(30,31)32)17-8-15(12-26)9-18(25)10-17/h2-3,8-11H,4-7,12-14H2,1H3,(H,33,35). The Morgan fingerprint density at radius 1 is 1.14 bits per heavy atom. The molecule has 0 aromatic heterocycles. The molecule has 1 amide bonds. The number of nitrogens with zero attached hydrogens (tertiary/aromatic N) is 1. The molecular weight excluding hydrogens is 517 g/mol. The SMILES string of the molecule is COCCC(=O)NCc1ccc(N2CCC(c3cc(Cl)cc(CF)c3)(C(F)(F)F)C2)cc1C(F)(F)F. The maximum Gasteiger partial charge on any atom is 0.416 e. The Labute approximate surface area is 208 Å². The van der Waals surface area contributed by atoms with Crippen LogP contribution in [0.4, 0.5) is 36.4 Å². The first-order valence-electron chi connectivity index (χ1n) is 10.9. The van der Waals surface area contributed by atoms with Crippen molar-refractivity contribution in [3.8, 4) is 0 Å². The summed E-state index contributed by atoms with van der Waals surface area (Å²) in [5.74, 6) is -0.502. The lowest BCUT2D eigenvalue weighted by atomic mass is 9.78. The van der Waals surface area contributed by atoms with Crippen molar-refractivity contribution < 1.29 is 40.3 Å². The third-order valence-corrected chi connectivity index (χ3v) is 6.47. The maximum atomic E-state index is 14.4. The molecule has 36 heavy (non-hydrogen) atoms. The van der Waals surface area contributed by atoms with Crippen LogP contribution in [0.5, 0.6) is 0 Å². The number of alkyl halides is 7. The summed E-state index contributed by atoms with van der Waals surface area (Å²) in [5, 5.41) is 2.32. The van der Waals surface area contributed by atoms with Gasteiger partial charge in [-0.3, -0.25) is 4.79 Å². The molecule has 198 valence electrons. The van der Waals surface area contributed by atoms with Gasteiger partial charge in [0.05, 0.1) is 12.2 Å². The predicted octanol–water partition coefficient (Wildman–Crippen LogP) is 6.19. The minimum atomic E-state index is -4.80. The van der Waals surface area contributed by atoms with E-state index in [1.54, 1.807) is 0 Å². The summed E-state index contributed by atoms with van der Waals surface area (Å²) in [6.07, 6.45) is -10.0. The number of hydrogen-bond donors (Lipinski definition) is 1. The molecule has 4 nitrogen and oxygen atoms in total. The third-order valence-electron chi connectivity index (χ3n) is 6.25. The summed E-state index contributed by atoms with van der Waals surface area (Å²) in [7, 11) is 1.38. The van der Waals surface area contributed by atoms with Crippen LogP contribution >= 0.6 is 11.6 Å². The number of anilines is 1. The van der Waals surface area contributed by atoms with Crippen LogP contribution in [-0.2, 0) is 34.3 Å². The van der Waals surface area contributed by atoms with Gasteiger partial charge in [0.25, 0.3) is 0 Å². The summed E-state index contributed by atoms with van der Waals surface area (Å²) < 4.78 is 102. The molecule has 2 aromatic rings. The van der Waals surface area contributed by atoms with Gasteiger partial charge < -0.3 is 15.0 Å². The first-order chi connectivity index (χ1) is 16.8. The van der Waals surface area contributed by atoms with Crippen LogP contribution in [0.1, 0.15) is 35.1 Å². The highest BCUT2D eigenvalue weighted by Crippen LogP contribution is 2.49. The van der Waals surface area contributed by atoms with E-state index < -0.39 is 55.4 Å². The molecular formula is C24H24ClF7N2O2. The third kappa shape index (κ3) is 6.05. The first kappa shape index (κ1) is 28.0. The zero-order valence-corrected chi connectivity index (χ0v) is 20.0. The zero-order valence-electron chi connectivity index (χ0n) is 19.2. The predicted molar refractivity (Wildman–Crippen MR) is 121 cm³/mol. The summed E-state index contributed by atoms with van der Waals surface area (Å²) in [4.78, 5) is 13.0. The molecule has 12 heteroatoms. The Morgan fingerprint density at radius 2 is 1.86 bits per heavy atom. The van der Waals surface area contributed by atoms with Gasteiger partial charge in [0.15, 0.2) is 0 Å². The Bertz CT molecular complexity index is 1090. The molecule has 1 saturated heterocycles. The van der Waals surface area contributed by atoms with Crippen molar-refractivity contribution in [2.24, 2.45) is 0 Å². The molecule has 1 atom stereocenters. The number of benzene rings is 2. The molecule has 0 radical (unpaired) electrons. The van der Waals surface area contributed by atoms with E-state index >= 15 is 0 Å². The van der Waals surface area contributed by atoms with E-state index in [9.17, 15) is 35.5 Å². The highest BCUT2D eigenvalue weighted by molar-refractivity contribution is 6.30. The summed E-state index contributed by atoms with van der Waals surface area (Å²) in [6.45, 7) is -2.15. The highest BCUT2D eigenvalue weighted by atomic mass is 35.5. The van der Waals surface area contributed by atoms with Gasteiger partial charge >= 0.3 is 12.4 Å². The number of carbonyl (C=O) groups excluding carboxylic acids is 1. The molecule has 1 aliphatic heterocycles. The van der Waals surface area contributed by atoms with Crippen molar-refractivity contribution in [2.45, 2.75) is 43.8 Å². The summed E-state index contributed by atoms with van der Waals surface area (Å²) >= 11 is 5.93. The van der Waals surface area contributed by atoms with Gasteiger partial charge in [-0.1, -0.05) is 23.7 Å². The van der Waals surface area contributed by atoms with Crippen LogP contribution in [0.3, 0.4) is 0 Å². The quantitative estimate of drug-likeness (QED) is 0.406. The molecule has 1 heterocycles. The number of ether oxygens (including phenoxy) is 1. The molecule has 3 rings (SSSR count). The molecule has 0 bridgehead atoms. The number of nitrogens with one attached hydrogen (secondary N) is 1. The lowest BCUT2D eigenvalue weighted by molar-refractivity contribution is -0.184. The van der Waals surface area contributed by atoms with Crippen molar-refractivity contribution in [3.63, 3.8) is 0 Å².